The molecule has 7 heteroatoms. The minimum Gasteiger partial charge on any atom is -0.472 e. The SMILES string of the molecule is N#Cc1ccc(OC2CN(S(=O)(=O)c3ccccc3)C2)nc1. The molecule has 0 amide bonds. The number of nitriles is 1. The molecule has 1 fully saturated rings. The van der Waals surface area contributed by atoms with Gasteiger partial charge in [-0.3, -0.25) is 0 Å². The summed E-state index contributed by atoms with van der Waals surface area (Å²) in [5.41, 5.74) is 0.453. The van der Waals surface area contributed by atoms with Crippen LogP contribution in [-0.2, 0) is 10.0 Å². The number of hydrogen-bond acceptors (Lipinski definition) is 5. The second-order valence-electron chi connectivity index (χ2n) is 4.87. The maximum Gasteiger partial charge on any atom is 0.243 e. The second kappa shape index (κ2) is 5.75. The normalized spacial score (nSPS) is 15.8. The minimum absolute atomic E-state index is 0.223. The van der Waals surface area contributed by atoms with E-state index in [1.807, 2.05) is 6.07 Å². The fourth-order valence-corrected chi connectivity index (χ4v) is 3.62. The molecule has 0 spiro atoms. The van der Waals surface area contributed by atoms with Gasteiger partial charge in [-0.05, 0) is 18.2 Å². The first kappa shape index (κ1) is 14.5. The van der Waals surface area contributed by atoms with Crippen LogP contribution in [0.5, 0.6) is 5.88 Å². The van der Waals surface area contributed by atoms with E-state index in [0.29, 0.717) is 24.5 Å². The van der Waals surface area contributed by atoms with Gasteiger partial charge in [-0.1, -0.05) is 18.2 Å². The number of sulfonamides is 1. The van der Waals surface area contributed by atoms with E-state index in [-0.39, 0.29) is 11.0 Å². The summed E-state index contributed by atoms with van der Waals surface area (Å²) >= 11 is 0. The lowest BCUT2D eigenvalue weighted by atomic mass is 10.2. The van der Waals surface area contributed by atoms with Gasteiger partial charge in [0.1, 0.15) is 12.2 Å². The monoisotopic (exact) mass is 315 g/mol. The van der Waals surface area contributed by atoms with Crippen LogP contribution in [0.25, 0.3) is 0 Å². The number of nitrogens with zero attached hydrogens (tertiary/aromatic N) is 3. The van der Waals surface area contributed by atoms with Crippen LogP contribution in [0, 0.1) is 11.3 Å². The Morgan fingerprint density at radius 2 is 1.91 bits per heavy atom. The lowest BCUT2D eigenvalue weighted by Gasteiger charge is -2.37. The van der Waals surface area contributed by atoms with E-state index in [2.05, 4.69) is 4.98 Å². The Labute approximate surface area is 128 Å². The Morgan fingerprint density at radius 1 is 1.18 bits per heavy atom. The third kappa shape index (κ3) is 2.79. The summed E-state index contributed by atoms with van der Waals surface area (Å²) in [4.78, 5) is 4.29. The number of benzene rings is 1. The van der Waals surface area contributed by atoms with E-state index in [1.165, 1.54) is 10.5 Å². The maximum absolute atomic E-state index is 12.3. The Morgan fingerprint density at radius 3 is 2.50 bits per heavy atom. The van der Waals surface area contributed by atoms with E-state index in [0.717, 1.165) is 0 Å². The molecular formula is C15H13N3O3S. The van der Waals surface area contributed by atoms with Gasteiger partial charge in [0.15, 0.2) is 0 Å². The molecule has 0 saturated carbocycles. The highest BCUT2D eigenvalue weighted by Gasteiger charge is 2.38. The first-order chi connectivity index (χ1) is 10.6. The van der Waals surface area contributed by atoms with Crippen molar-refractivity contribution in [1.29, 1.82) is 5.26 Å². The van der Waals surface area contributed by atoms with Gasteiger partial charge in [-0.2, -0.15) is 9.57 Å². The first-order valence-electron chi connectivity index (χ1n) is 6.67. The summed E-state index contributed by atoms with van der Waals surface area (Å²) < 4.78 is 31.6. The lowest BCUT2D eigenvalue weighted by Crippen LogP contribution is -2.56. The molecule has 0 radical (unpaired) electrons. The Balaban J connectivity index is 1.61. The molecule has 2 aromatic rings. The van der Waals surface area contributed by atoms with Gasteiger partial charge >= 0.3 is 0 Å². The Bertz CT molecular complexity index is 792. The molecule has 0 N–H and O–H groups in total. The second-order valence-corrected chi connectivity index (χ2v) is 6.81. The number of aromatic nitrogens is 1. The first-order valence-corrected chi connectivity index (χ1v) is 8.11. The predicted molar refractivity (Wildman–Crippen MR) is 78.6 cm³/mol. The summed E-state index contributed by atoms with van der Waals surface area (Å²) in [5, 5.41) is 8.70. The highest BCUT2D eigenvalue weighted by molar-refractivity contribution is 7.89. The zero-order chi connectivity index (χ0) is 15.6. The van der Waals surface area contributed by atoms with Crippen LogP contribution < -0.4 is 4.74 Å². The molecule has 2 heterocycles. The molecule has 0 aliphatic carbocycles. The van der Waals surface area contributed by atoms with Crippen molar-refractivity contribution in [2.24, 2.45) is 0 Å². The minimum atomic E-state index is -3.45. The van der Waals surface area contributed by atoms with Crippen molar-refractivity contribution in [3.63, 3.8) is 0 Å². The number of pyridine rings is 1. The van der Waals surface area contributed by atoms with Gasteiger partial charge in [-0.15, -0.1) is 0 Å². The number of rotatable bonds is 4. The van der Waals surface area contributed by atoms with E-state index in [9.17, 15) is 8.42 Å². The van der Waals surface area contributed by atoms with Crippen molar-refractivity contribution >= 4 is 10.0 Å². The van der Waals surface area contributed by atoms with Crippen LogP contribution in [0.4, 0.5) is 0 Å². The van der Waals surface area contributed by atoms with Crippen molar-refractivity contribution in [3.8, 4) is 11.9 Å². The molecule has 1 aliphatic heterocycles. The molecule has 1 saturated heterocycles. The molecule has 1 aliphatic rings. The third-order valence-corrected chi connectivity index (χ3v) is 5.19. The van der Waals surface area contributed by atoms with E-state index in [1.54, 1.807) is 42.5 Å². The molecule has 0 atom stereocenters. The van der Waals surface area contributed by atoms with E-state index >= 15 is 0 Å². The highest BCUT2D eigenvalue weighted by atomic mass is 32.2. The molecule has 22 heavy (non-hydrogen) atoms. The molecular weight excluding hydrogens is 302 g/mol. The Hall–Kier alpha value is -2.43. The van der Waals surface area contributed by atoms with Crippen molar-refractivity contribution in [2.75, 3.05) is 13.1 Å². The maximum atomic E-state index is 12.3. The van der Waals surface area contributed by atoms with Crippen LogP contribution in [0.15, 0.2) is 53.6 Å². The molecule has 1 aromatic heterocycles. The summed E-state index contributed by atoms with van der Waals surface area (Å²) in [5.74, 6) is 0.390. The molecule has 0 bridgehead atoms. The summed E-state index contributed by atoms with van der Waals surface area (Å²) in [7, 11) is -3.45. The topological polar surface area (TPSA) is 83.3 Å². The summed E-state index contributed by atoms with van der Waals surface area (Å²) in [6, 6.07) is 13.5. The van der Waals surface area contributed by atoms with E-state index < -0.39 is 10.0 Å². The number of ether oxygens (including phenoxy) is 1. The van der Waals surface area contributed by atoms with Crippen LogP contribution in [0.2, 0.25) is 0 Å². The molecule has 1 aromatic carbocycles. The van der Waals surface area contributed by atoms with Crippen LogP contribution in [0.3, 0.4) is 0 Å². The lowest BCUT2D eigenvalue weighted by molar-refractivity contribution is 0.0721. The van der Waals surface area contributed by atoms with Gasteiger partial charge in [-0.25, -0.2) is 13.4 Å². The van der Waals surface area contributed by atoms with Gasteiger partial charge in [0.25, 0.3) is 0 Å². The van der Waals surface area contributed by atoms with Crippen molar-refractivity contribution in [1.82, 2.24) is 9.29 Å². The average molecular weight is 315 g/mol. The highest BCUT2D eigenvalue weighted by Crippen LogP contribution is 2.23. The van der Waals surface area contributed by atoms with Crippen LogP contribution in [-0.4, -0.2) is 36.9 Å². The quantitative estimate of drug-likeness (QED) is 0.851. The summed E-state index contributed by atoms with van der Waals surface area (Å²) in [6.45, 7) is 0.581. The molecule has 6 nitrogen and oxygen atoms in total. The standard InChI is InChI=1S/C15H13N3O3S/c16-8-12-6-7-15(17-9-12)21-13-10-18(11-13)22(19,20)14-4-2-1-3-5-14/h1-7,9,13H,10-11H2. The van der Waals surface area contributed by atoms with Gasteiger partial charge in [0.2, 0.25) is 15.9 Å². The van der Waals surface area contributed by atoms with Crippen molar-refractivity contribution in [3.05, 3.63) is 54.2 Å². The fourth-order valence-electron chi connectivity index (χ4n) is 2.10. The molecule has 112 valence electrons. The fraction of sp³-hybridized carbons (Fsp3) is 0.200. The predicted octanol–water partition coefficient (Wildman–Crippen LogP) is 1.41. The third-order valence-electron chi connectivity index (χ3n) is 3.35. The molecule has 0 unspecified atom stereocenters. The van der Waals surface area contributed by atoms with Gasteiger partial charge < -0.3 is 4.74 Å². The zero-order valence-electron chi connectivity index (χ0n) is 11.6. The van der Waals surface area contributed by atoms with E-state index in [4.69, 9.17) is 10.00 Å². The van der Waals surface area contributed by atoms with Gasteiger partial charge in [0.05, 0.1) is 23.5 Å². The van der Waals surface area contributed by atoms with Crippen LogP contribution >= 0.6 is 0 Å². The molecule has 3 rings (SSSR count). The number of hydrogen-bond donors (Lipinski definition) is 0. The summed E-state index contributed by atoms with van der Waals surface area (Å²) in [6.07, 6.45) is 1.20. The van der Waals surface area contributed by atoms with Crippen molar-refractivity contribution < 1.29 is 13.2 Å². The van der Waals surface area contributed by atoms with Gasteiger partial charge in [0, 0.05) is 12.3 Å². The zero-order valence-corrected chi connectivity index (χ0v) is 12.4. The Kier molecular flexibility index (Phi) is 3.79. The van der Waals surface area contributed by atoms with Crippen molar-refractivity contribution in [2.45, 2.75) is 11.0 Å². The largest absolute Gasteiger partial charge is 0.472 e. The van der Waals surface area contributed by atoms with Crippen LogP contribution in [0.1, 0.15) is 5.56 Å². The average Bonchev–Trinajstić information content (AvgIpc) is 2.51. The smallest absolute Gasteiger partial charge is 0.243 e.